The highest BCUT2D eigenvalue weighted by atomic mass is 16.5. The first-order chi connectivity index (χ1) is 12.7. The third-order valence-corrected chi connectivity index (χ3v) is 4.92. The predicted molar refractivity (Wildman–Crippen MR) is 101 cm³/mol. The van der Waals surface area contributed by atoms with Crippen LogP contribution in [0, 0.1) is 6.92 Å². The molecule has 1 atom stereocenters. The molecule has 134 valence electrons. The Hall–Kier alpha value is -2.73. The maximum absolute atomic E-state index is 10.4. The number of pyridine rings is 1. The predicted octanol–water partition coefficient (Wildman–Crippen LogP) is 3.18. The number of aromatic nitrogens is 3. The van der Waals surface area contributed by atoms with E-state index >= 15 is 0 Å². The van der Waals surface area contributed by atoms with Gasteiger partial charge in [-0.05, 0) is 50.1 Å². The topological polar surface area (TPSA) is 80.2 Å². The average molecular weight is 350 g/mol. The van der Waals surface area contributed by atoms with Crippen LogP contribution >= 0.6 is 0 Å². The molecule has 0 aliphatic carbocycles. The Labute approximate surface area is 152 Å². The maximum Gasteiger partial charge on any atom is 0.179 e. The zero-order chi connectivity index (χ0) is 18.1. The molecule has 6 heteroatoms. The highest BCUT2D eigenvalue weighted by Crippen LogP contribution is 2.35. The lowest BCUT2D eigenvalue weighted by Crippen LogP contribution is -2.28. The Bertz CT molecular complexity index is 929. The molecule has 3 aromatic rings. The van der Waals surface area contributed by atoms with Crippen LogP contribution in [0.25, 0.3) is 22.4 Å². The quantitative estimate of drug-likeness (QED) is 0.755. The molecule has 0 unspecified atom stereocenters. The normalized spacial score (nSPS) is 17.4. The summed E-state index contributed by atoms with van der Waals surface area (Å²) in [6.07, 6.45) is 4.12. The molecule has 0 radical (unpaired) electrons. The fraction of sp³-hybridized carbons (Fsp3) is 0.350. The van der Waals surface area contributed by atoms with Crippen molar-refractivity contribution in [1.29, 1.82) is 0 Å². The zero-order valence-electron chi connectivity index (χ0n) is 15.0. The molecular weight excluding hydrogens is 328 g/mol. The largest absolute Gasteiger partial charge is 0.507 e. The highest BCUT2D eigenvalue weighted by Gasteiger charge is 2.18. The molecule has 1 aliphatic rings. The highest BCUT2D eigenvalue weighted by molar-refractivity contribution is 5.78. The lowest BCUT2D eigenvalue weighted by molar-refractivity contribution is 0.407. The smallest absolute Gasteiger partial charge is 0.179 e. The summed E-state index contributed by atoms with van der Waals surface area (Å²) in [5.41, 5.74) is 4.62. The van der Waals surface area contributed by atoms with Crippen LogP contribution in [-0.2, 0) is 0 Å². The van der Waals surface area contributed by atoms with Crippen molar-refractivity contribution in [3.63, 3.8) is 0 Å². The zero-order valence-corrected chi connectivity index (χ0v) is 15.0. The van der Waals surface area contributed by atoms with Gasteiger partial charge in [-0.2, -0.15) is 0 Å². The second-order valence-electron chi connectivity index (χ2n) is 6.72. The van der Waals surface area contributed by atoms with Gasteiger partial charge >= 0.3 is 0 Å². The van der Waals surface area contributed by atoms with Crippen LogP contribution in [0.2, 0.25) is 0 Å². The van der Waals surface area contributed by atoms with E-state index in [1.54, 1.807) is 13.2 Å². The summed E-state index contributed by atoms with van der Waals surface area (Å²) in [4.78, 5) is 14.0. The molecule has 1 aromatic carbocycles. The molecule has 2 N–H and O–H groups in total. The third-order valence-electron chi connectivity index (χ3n) is 4.92. The van der Waals surface area contributed by atoms with E-state index in [2.05, 4.69) is 15.3 Å². The number of rotatable bonds is 3. The van der Waals surface area contributed by atoms with Crippen LogP contribution < -0.4 is 10.1 Å². The Morgan fingerprint density at radius 2 is 2.12 bits per heavy atom. The summed E-state index contributed by atoms with van der Waals surface area (Å²) in [6, 6.07) is 7.25. The minimum atomic E-state index is 0.147. The Balaban J connectivity index is 1.77. The monoisotopic (exact) mass is 350 g/mol. The molecule has 0 spiro atoms. The first-order valence-corrected chi connectivity index (χ1v) is 8.88. The van der Waals surface area contributed by atoms with E-state index in [0.29, 0.717) is 28.6 Å². The van der Waals surface area contributed by atoms with Crippen molar-refractivity contribution < 1.29 is 9.84 Å². The van der Waals surface area contributed by atoms with Crippen LogP contribution in [0.4, 0.5) is 0 Å². The van der Waals surface area contributed by atoms with Gasteiger partial charge in [0.2, 0.25) is 0 Å². The van der Waals surface area contributed by atoms with E-state index in [4.69, 9.17) is 9.72 Å². The number of methoxy groups -OCH3 is 1. The molecule has 3 heterocycles. The van der Waals surface area contributed by atoms with Gasteiger partial charge in [0.15, 0.2) is 5.65 Å². The number of nitrogens with one attached hydrogen (secondary N) is 1. The summed E-state index contributed by atoms with van der Waals surface area (Å²) in [7, 11) is 1.58. The van der Waals surface area contributed by atoms with Gasteiger partial charge in [-0.3, -0.25) is 4.98 Å². The minimum Gasteiger partial charge on any atom is -0.507 e. The fourth-order valence-electron chi connectivity index (χ4n) is 3.54. The Morgan fingerprint density at radius 3 is 2.85 bits per heavy atom. The third kappa shape index (κ3) is 3.08. The summed E-state index contributed by atoms with van der Waals surface area (Å²) >= 11 is 0. The number of fused-ring (bicyclic) bond motifs is 1. The van der Waals surface area contributed by atoms with E-state index in [-0.39, 0.29) is 5.75 Å². The molecule has 6 nitrogen and oxygen atoms in total. The number of benzene rings is 1. The molecule has 4 rings (SSSR count). The van der Waals surface area contributed by atoms with Gasteiger partial charge in [0.05, 0.1) is 18.5 Å². The Morgan fingerprint density at radius 1 is 1.23 bits per heavy atom. The van der Waals surface area contributed by atoms with E-state index in [0.717, 1.165) is 42.7 Å². The number of hydrogen-bond donors (Lipinski definition) is 2. The summed E-state index contributed by atoms with van der Waals surface area (Å²) in [5.74, 6) is 1.15. The Kier molecular flexibility index (Phi) is 4.42. The van der Waals surface area contributed by atoms with Gasteiger partial charge in [0.1, 0.15) is 17.0 Å². The molecule has 0 amide bonds. The summed E-state index contributed by atoms with van der Waals surface area (Å²) in [5, 5.41) is 13.8. The molecule has 0 bridgehead atoms. The van der Waals surface area contributed by atoms with Crippen molar-refractivity contribution in [1.82, 2.24) is 20.3 Å². The number of aryl methyl sites for hydroxylation is 1. The van der Waals surface area contributed by atoms with Crippen LogP contribution in [-0.4, -0.2) is 40.3 Å². The van der Waals surface area contributed by atoms with E-state index in [1.807, 2.05) is 31.3 Å². The van der Waals surface area contributed by atoms with Crippen molar-refractivity contribution in [3.8, 4) is 22.8 Å². The van der Waals surface area contributed by atoms with Crippen LogP contribution in [0.15, 0.2) is 30.5 Å². The van der Waals surface area contributed by atoms with Crippen molar-refractivity contribution in [2.24, 2.45) is 0 Å². The lowest BCUT2D eigenvalue weighted by atomic mass is 9.96. The second kappa shape index (κ2) is 6.88. The molecular formula is C20H22N4O2. The molecule has 1 saturated heterocycles. The second-order valence-corrected chi connectivity index (χ2v) is 6.72. The number of hydrogen-bond acceptors (Lipinski definition) is 6. The maximum atomic E-state index is 10.4. The molecule has 0 saturated carbocycles. The summed E-state index contributed by atoms with van der Waals surface area (Å²) < 4.78 is 5.21. The number of phenolic OH excluding ortho intramolecular Hbond substituents is 1. The van der Waals surface area contributed by atoms with Crippen molar-refractivity contribution in [3.05, 3.63) is 41.7 Å². The molecule has 1 fully saturated rings. The van der Waals surface area contributed by atoms with Gasteiger partial charge in [0.25, 0.3) is 0 Å². The van der Waals surface area contributed by atoms with Gasteiger partial charge in [-0.15, -0.1) is 0 Å². The van der Waals surface area contributed by atoms with Gasteiger partial charge < -0.3 is 15.2 Å². The number of phenols is 1. The SMILES string of the molecule is COc1cc(C)c(-c2ccc3ncc([C@@H]4CCCNC4)nc3n2)c(O)c1. The lowest BCUT2D eigenvalue weighted by Gasteiger charge is -2.21. The van der Waals surface area contributed by atoms with Crippen molar-refractivity contribution in [2.45, 2.75) is 25.7 Å². The van der Waals surface area contributed by atoms with Crippen molar-refractivity contribution >= 4 is 11.2 Å². The first-order valence-electron chi connectivity index (χ1n) is 8.88. The van der Waals surface area contributed by atoms with Crippen LogP contribution in [0.3, 0.4) is 0 Å². The van der Waals surface area contributed by atoms with Crippen LogP contribution in [0.1, 0.15) is 30.0 Å². The fourth-order valence-corrected chi connectivity index (χ4v) is 3.54. The molecule has 1 aliphatic heterocycles. The number of nitrogens with zero attached hydrogens (tertiary/aromatic N) is 3. The van der Waals surface area contributed by atoms with Gasteiger partial charge in [-0.25, -0.2) is 9.97 Å². The average Bonchev–Trinajstić information content (AvgIpc) is 2.67. The van der Waals surface area contributed by atoms with E-state index in [1.165, 1.54) is 0 Å². The standard InChI is InChI=1S/C20H22N4O2/c1-12-8-14(26-2)9-18(25)19(12)15-5-6-16-20(23-15)24-17(11-22-16)13-4-3-7-21-10-13/h5-6,8-9,11,13,21,25H,3-4,7,10H2,1-2H3/t13-/m1/s1. The number of aromatic hydroxyl groups is 1. The van der Waals surface area contributed by atoms with E-state index in [9.17, 15) is 5.11 Å². The van der Waals surface area contributed by atoms with Crippen molar-refractivity contribution in [2.75, 3.05) is 20.2 Å². The number of piperidine rings is 1. The first kappa shape index (κ1) is 16.7. The number of ether oxygens (including phenoxy) is 1. The van der Waals surface area contributed by atoms with E-state index < -0.39 is 0 Å². The molecule has 2 aromatic heterocycles. The van der Waals surface area contributed by atoms with Crippen LogP contribution in [0.5, 0.6) is 11.5 Å². The minimum absolute atomic E-state index is 0.147. The summed E-state index contributed by atoms with van der Waals surface area (Å²) in [6.45, 7) is 3.92. The van der Waals surface area contributed by atoms with Gasteiger partial charge in [0, 0.05) is 30.3 Å². The van der Waals surface area contributed by atoms with Gasteiger partial charge in [-0.1, -0.05) is 0 Å². The molecule has 26 heavy (non-hydrogen) atoms.